The van der Waals surface area contributed by atoms with Gasteiger partial charge in [0.1, 0.15) is 0 Å². The highest BCUT2D eigenvalue weighted by Gasteiger charge is 2.22. The summed E-state index contributed by atoms with van der Waals surface area (Å²) in [5.41, 5.74) is -0.966. The van der Waals surface area contributed by atoms with Crippen molar-refractivity contribution >= 4 is 58.4 Å². The van der Waals surface area contributed by atoms with E-state index in [2.05, 4.69) is 41.2 Å². The Kier molecular flexibility index (Phi) is 10.1. The Bertz CT molecular complexity index is 849. The van der Waals surface area contributed by atoms with Gasteiger partial charge in [0.2, 0.25) is 23.7 Å². The average molecular weight is 477 g/mol. The Balaban J connectivity index is 0.000000320. The van der Waals surface area contributed by atoms with Crippen molar-refractivity contribution in [3.05, 3.63) is 36.9 Å². The zero-order valence-corrected chi connectivity index (χ0v) is 20.5. The largest absolute Gasteiger partial charge is 0.302 e. The summed E-state index contributed by atoms with van der Waals surface area (Å²) in [7, 11) is 0. The molecule has 2 heterocycles. The molecular weight excluding hydrogens is 448 g/mol. The van der Waals surface area contributed by atoms with E-state index >= 15 is 0 Å². The van der Waals surface area contributed by atoms with E-state index in [1.807, 2.05) is 41.5 Å². The molecule has 2 amide bonds. The number of hydrogen-bond acceptors (Lipinski definition) is 8. The average Bonchev–Trinajstić information content (AvgIpc) is 2.68. The molecule has 0 radical (unpaired) electrons. The van der Waals surface area contributed by atoms with Crippen molar-refractivity contribution in [2.24, 2.45) is 10.8 Å². The zero-order valence-electron chi connectivity index (χ0n) is 18.9. The molecule has 0 aliphatic carbocycles. The van der Waals surface area contributed by atoms with Gasteiger partial charge in [0.15, 0.2) is 10.2 Å². The maximum Gasteiger partial charge on any atom is 0.231 e. The molecule has 2 aromatic heterocycles. The molecule has 2 aromatic rings. The third-order valence-corrected chi connectivity index (χ3v) is 3.81. The van der Waals surface area contributed by atoms with Gasteiger partial charge in [-0.05, 0) is 36.6 Å². The summed E-state index contributed by atoms with van der Waals surface area (Å²) in [6.45, 7) is 10.9. The van der Waals surface area contributed by atoms with Crippen LogP contribution in [0.2, 0.25) is 0 Å². The summed E-state index contributed by atoms with van der Waals surface area (Å²) in [5.74, 6) is 0.422. The predicted molar refractivity (Wildman–Crippen MR) is 132 cm³/mol. The minimum atomic E-state index is -0.483. The van der Waals surface area contributed by atoms with Crippen LogP contribution in [0.15, 0.2) is 36.9 Å². The minimum absolute atomic E-state index is 0.152. The number of amides is 2. The van der Waals surface area contributed by atoms with E-state index in [0.29, 0.717) is 11.9 Å². The summed E-state index contributed by atoms with van der Waals surface area (Å²) in [6, 6.07) is 3.39. The second-order valence-electron chi connectivity index (χ2n) is 8.46. The van der Waals surface area contributed by atoms with E-state index in [1.54, 1.807) is 36.9 Å². The van der Waals surface area contributed by atoms with Crippen LogP contribution < -0.4 is 21.3 Å². The lowest BCUT2D eigenvalue weighted by atomic mass is 9.96. The second-order valence-corrected chi connectivity index (χ2v) is 9.28. The zero-order chi connectivity index (χ0) is 24.4. The lowest BCUT2D eigenvalue weighted by Gasteiger charge is -2.17. The van der Waals surface area contributed by atoms with Crippen LogP contribution in [0.4, 0.5) is 11.9 Å². The number of carbonyl (C=O) groups is 2. The molecule has 0 aliphatic heterocycles. The van der Waals surface area contributed by atoms with E-state index in [1.165, 1.54) is 0 Å². The number of aromatic nitrogens is 4. The van der Waals surface area contributed by atoms with Crippen molar-refractivity contribution in [2.75, 3.05) is 10.6 Å². The van der Waals surface area contributed by atoms with Gasteiger partial charge in [-0.15, -0.1) is 0 Å². The van der Waals surface area contributed by atoms with Crippen molar-refractivity contribution in [1.82, 2.24) is 30.6 Å². The SMILES string of the molecule is CC(C)(C)C(=O)NC(=S)Nc1ncccn1.CC(C)(C)C(=O)NC(=S)Nc1ncccn1. The van der Waals surface area contributed by atoms with Gasteiger partial charge >= 0.3 is 0 Å². The molecule has 0 aromatic carbocycles. The van der Waals surface area contributed by atoms with E-state index in [9.17, 15) is 9.59 Å². The van der Waals surface area contributed by atoms with Crippen LogP contribution in [-0.2, 0) is 9.59 Å². The molecule has 0 saturated carbocycles. The number of rotatable bonds is 2. The molecule has 12 heteroatoms. The van der Waals surface area contributed by atoms with E-state index < -0.39 is 10.8 Å². The number of hydrogen-bond donors (Lipinski definition) is 4. The topological polar surface area (TPSA) is 134 Å². The number of anilines is 2. The molecule has 0 spiro atoms. The van der Waals surface area contributed by atoms with E-state index in [-0.39, 0.29) is 22.0 Å². The highest BCUT2D eigenvalue weighted by Crippen LogP contribution is 2.13. The van der Waals surface area contributed by atoms with E-state index in [4.69, 9.17) is 24.4 Å². The Hall–Kier alpha value is -3.12. The fourth-order valence-corrected chi connectivity index (χ4v) is 1.94. The molecule has 2 rings (SSSR count). The van der Waals surface area contributed by atoms with E-state index in [0.717, 1.165) is 0 Å². The standard InChI is InChI=1S/2C10H14N4OS/c2*1-10(2,3)7(15)13-9(16)14-8-11-5-4-6-12-8/h2*4-6H,1-3H3,(H2,11,12,13,14,15,16). The van der Waals surface area contributed by atoms with Crippen LogP contribution in [0.25, 0.3) is 0 Å². The van der Waals surface area contributed by atoms with Crippen LogP contribution in [-0.4, -0.2) is 42.0 Å². The summed E-state index contributed by atoms with van der Waals surface area (Å²) in [6.07, 6.45) is 6.35. The molecule has 0 saturated heterocycles. The van der Waals surface area contributed by atoms with Crippen molar-refractivity contribution in [2.45, 2.75) is 41.5 Å². The fraction of sp³-hybridized carbons (Fsp3) is 0.400. The van der Waals surface area contributed by atoms with Crippen LogP contribution in [0.3, 0.4) is 0 Å². The van der Waals surface area contributed by atoms with Crippen molar-refractivity contribution in [3.63, 3.8) is 0 Å². The van der Waals surface area contributed by atoms with Gasteiger partial charge in [0.05, 0.1) is 0 Å². The molecule has 4 N–H and O–H groups in total. The molecule has 32 heavy (non-hydrogen) atoms. The van der Waals surface area contributed by atoms with Crippen molar-refractivity contribution in [1.29, 1.82) is 0 Å². The lowest BCUT2D eigenvalue weighted by molar-refractivity contribution is -0.127. The van der Waals surface area contributed by atoms with Gasteiger partial charge in [0.25, 0.3) is 0 Å². The summed E-state index contributed by atoms with van der Waals surface area (Å²) < 4.78 is 0. The van der Waals surface area contributed by atoms with Gasteiger partial charge in [-0.3, -0.25) is 9.59 Å². The highest BCUT2D eigenvalue weighted by molar-refractivity contribution is 7.80. The summed E-state index contributed by atoms with van der Waals surface area (Å²) >= 11 is 9.92. The van der Waals surface area contributed by atoms with Gasteiger partial charge < -0.3 is 21.3 Å². The highest BCUT2D eigenvalue weighted by atomic mass is 32.1. The van der Waals surface area contributed by atoms with Crippen LogP contribution in [0.5, 0.6) is 0 Å². The maximum atomic E-state index is 11.6. The Labute approximate surface area is 198 Å². The van der Waals surface area contributed by atoms with Gasteiger partial charge in [-0.25, -0.2) is 19.9 Å². The molecular formula is C20H28N8O2S2. The van der Waals surface area contributed by atoms with Crippen molar-refractivity contribution < 1.29 is 9.59 Å². The lowest BCUT2D eigenvalue weighted by Crippen LogP contribution is -2.41. The predicted octanol–water partition coefficient (Wildman–Crippen LogP) is 2.67. The molecule has 0 fully saturated rings. The number of thiocarbonyl (C=S) groups is 2. The Morgan fingerprint density at radius 1 is 0.656 bits per heavy atom. The summed E-state index contributed by atoms with van der Waals surface area (Å²) in [4.78, 5) is 38.9. The molecule has 0 bridgehead atoms. The Morgan fingerprint density at radius 2 is 0.938 bits per heavy atom. The quantitative estimate of drug-likeness (QED) is 0.479. The molecule has 0 unspecified atom stereocenters. The minimum Gasteiger partial charge on any atom is -0.302 e. The number of nitrogens with one attached hydrogen (secondary N) is 4. The molecule has 0 atom stereocenters. The van der Waals surface area contributed by atoms with Crippen LogP contribution in [0.1, 0.15) is 41.5 Å². The summed E-state index contributed by atoms with van der Waals surface area (Å²) in [5, 5.41) is 11.0. The molecule has 10 nitrogen and oxygen atoms in total. The maximum absolute atomic E-state index is 11.6. The van der Waals surface area contributed by atoms with Crippen molar-refractivity contribution in [3.8, 4) is 0 Å². The second kappa shape index (κ2) is 12.1. The third kappa shape index (κ3) is 10.8. The van der Waals surface area contributed by atoms with Crippen LogP contribution in [0, 0.1) is 10.8 Å². The fourth-order valence-electron chi connectivity index (χ4n) is 1.57. The van der Waals surface area contributed by atoms with Gasteiger partial charge in [0, 0.05) is 35.6 Å². The van der Waals surface area contributed by atoms with Gasteiger partial charge in [-0.1, -0.05) is 41.5 Å². The molecule has 172 valence electrons. The monoisotopic (exact) mass is 476 g/mol. The first-order valence-corrected chi connectivity index (χ1v) is 10.4. The first-order valence-electron chi connectivity index (χ1n) is 9.58. The molecule has 0 aliphatic rings. The smallest absolute Gasteiger partial charge is 0.231 e. The number of carbonyl (C=O) groups excluding carboxylic acids is 2. The van der Waals surface area contributed by atoms with Gasteiger partial charge in [-0.2, -0.15) is 0 Å². The number of nitrogens with zero attached hydrogens (tertiary/aromatic N) is 4. The first kappa shape index (κ1) is 26.9. The Morgan fingerprint density at radius 3 is 1.19 bits per heavy atom. The normalized spacial score (nSPS) is 10.7. The first-order chi connectivity index (χ1) is 14.8. The van der Waals surface area contributed by atoms with Crippen LogP contribution >= 0.6 is 24.4 Å². The third-order valence-electron chi connectivity index (χ3n) is 3.40.